The maximum atomic E-state index is 12.7. The van der Waals surface area contributed by atoms with Crippen molar-refractivity contribution in [3.05, 3.63) is 123 Å². The van der Waals surface area contributed by atoms with E-state index in [1.165, 1.54) is 0 Å². The Morgan fingerprint density at radius 3 is 1.90 bits per heavy atom. The molecule has 2 aromatic rings. The second kappa shape index (κ2) is 11.2. The molecule has 0 bridgehead atoms. The summed E-state index contributed by atoms with van der Waals surface area (Å²) in [6.07, 6.45) is 17.4. The fourth-order valence-electron chi connectivity index (χ4n) is 3.34. The minimum absolute atomic E-state index is 0. The van der Waals surface area contributed by atoms with E-state index in [0.29, 0.717) is 10.8 Å². The van der Waals surface area contributed by atoms with Crippen molar-refractivity contribution in [1.82, 2.24) is 0 Å². The molecule has 2 aliphatic carbocycles. The zero-order chi connectivity index (χ0) is 20.1. The number of hydrogen-bond acceptors (Lipinski definition) is 2. The van der Waals surface area contributed by atoms with Crippen molar-refractivity contribution in [1.29, 1.82) is 0 Å². The van der Waals surface area contributed by atoms with Crippen molar-refractivity contribution in [3.8, 4) is 5.75 Å². The molecule has 1 saturated heterocycles. The van der Waals surface area contributed by atoms with E-state index >= 15 is 0 Å². The van der Waals surface area contributed by atoms with Crippen LogP contribution in [0.25, 0.3) is 0 Å². The number of hydrogen-bond donors (Lipinski definition) is 0. The summed E-state index contributed by atoms with van der Waals surface area (Å²) in [6, 6.07) is 16.6. The standard InChI is InChI=1S/C20H15ClNO2.C5H5.Fe/c21-15-10-12-16(13-11-15)22-18(14-6-4-5-7-14)19(20(22)23)24-17-8-2-1-3-9-17;1-2-4-5-3-1;/h1-13,18-19H;1-5H;/q;;+2/t18-,19-;;/m0../s1. The van der Waals surface area contributed by atoms with Crippen LogP contribution in [0, 0.1) is 63.7 Å². The van der Waals surface area contributed by atoms with E-state index in [9.17, 15) is 4.79 Å². The number of anilines is 1. The molecule has 10 radical (unpaired) electrons. The zero-order valence-corrected chi connectivity index (χ0v) is 17.9. The number of benzene rings is 2. The van der Waals surface area contributed by atoms with Crippen LogP contribution >= 0.6 is 11.6 Å². The molecular formula is C25H20ClFeNO2+2. The number of amides is 1. The summed E-state index contributed by atoms with van der Waals surface area (Å²) in [5.74, 6) is 1.71. The third kappa shape index (κ3) is 5.41. The molecule has 2 atom stereocenters. The number of para-hydroxylation sites is 1. The minimum Gasteiger partial charge on any atom is -0.478 e. The first-order valence-electron chi connectivity index (χ1n) is 9.43. The predicted octanol–water partition coefficient (Wildman–Crippen LogP) is 4.93. The smallest absolute Gasteiger partial charge is 0.478 e. The van der Waals surface area contributed by atoms with E-state index in [2.05, 4.69) is 0 Å². The van der Waals surface area contributed by atoms with Gasteiger partial charge in [0.1, 0.15) is 5.75 Å². The summed E-state index contributed by atoms with van der Waals surface area (Å²) in [4.78, 5) is 14.5. The van der Waals surface area contributed by atoms with Gasteiger partial charge >= 0.3 is 17.1 Å². The van der Waals surface area contributed by atoms with E-state index in [1.807, 2.05) is 100 Å². The molecule has 1 aliphatic heterocycles. The van der Waals surface area contributed by atoms with Gasteiger partial charge in [-0.15, -0.1) is 0 Å². The number of ether oxygens (including phenoxy) is 1. The van der Waals surface area contributed by atoms with Gasteiger partial charge in [-0.1, -0.05) is 29.8 Å². The third-order valence-electron chi connectivity index (χ3n) is 4.74. The molecule has 0 N–H and O–H groups in total. The van der Waals surface area contributed by atoms with Crippen LogP contribution in [0.5, 0.6) is 5.75 Å². The Morgan fingerprint density at radius 2 is 1.33 bits per heavy atom. The van der Waals surface area contributed by atoms with Crippen LogP contribution in [0.15, 0.2) is 54.6 Å². The van der Waals surface area contributed by atoms with Gasteiger partial charge in [-0.05, 0) is 94.2 Å². The van der Waals surface area contributed by atoms with Gasteiger partial charge in [0.2, 0.25) is 0 Å². The Bertz CT molecular complexity index is 781. The summed E-state index contributed by atoms with van der Waals surface area (Å²) in [5, 5.41) is 0.647. The van der Waals surface area contributed by atoms with Gasteiger partial charge in [-0.2, -0.15) is 0 Å². The molecule has 0 spiro atoms. The summed E-state index contributed by atoms with van der Waals surface area (Å²) >= 11 is 5.96. The molecule has 2 aromatic carbocycles. The molecule has 150 valence electrons. The predicted molar refractivity (Wildman–Crippen MR) is 116 cm³/mol. The van der Waals surface area contributed by atoms with E-state index in [0.717, 1.165) is 11.6 Å². The molecule has 1 amide bonds. The second-order valence-corrected chi connectivity index (χ2v) is 7.10. The Hall–Kier alpha value is -1.48. The molecule has 3 aliphatic rings. The van der Waals surface area contributed by atoms with Gasteiger partial charge in [-0.25, -0.2) is 0 Å². The van der Waals surface area contributed by atoms with Gasteiger partial charge in [0, 0.05) is 16.6 Å². The molecule has 1 heterocycles. The molecule has 5 rings (SSSR count). The monoisotopic (exact) mass is 457 g/mol. The molecule has 0 unspecified atom stereocenters. The number of rotatable bonds is 4. The summed E-state index contributed by atoms with van der Waals surface area (Å²) in [5.41, 5.74) is 0.823. The average molecular weight is 458 g/mol. The number of nitrogens with zero attached hydrogens (tertiary/aromatic N) is 1. The van der Waals surface area contributed by atoms with E-state index in [1.54, 1.807) is 17.0 Å². The van der Waals surface area contributed by atoms with Crippen molar-refractivity contribution in [2.45, 2.75) is 12.1 Å². The molecule has 2 saturated carbocycles. The second-order valence-electron chi connectivity index (χ2n) is 6.66. The normalized spacial score (nSPS) is 23.2. The van der Waals surface area contributed by atoms with Crippen molar-refractivity contribution in [2.75, 3.05) is 4.90 Å². The van der Waals surface area contributed by atoms with Crippen molar-refractivity contribution in [3.63, 3.8) is 0 Å². The first kappa shape index (κ1) is 23.2. The number of carbonyl (C=O) groups is 1. The van der Waals surface area contributed by atoms with E-state index in [-0.39, 0.29) is 29.0 Å². The summed E-state index contributed by atoms with van der Waals surface area (Å²) < 4.78 is 5.96. The summed E-state index contributed by atoms with van der Waals surface area (Å²) in [7, 11) is 0. The van der Waals surface area contributed by atoms with E-state index < -0.39 is 6.10 Å². The number of carbonyl (C=O) groups excluding carboxylic acids is 1. The van der Waals surface area contributed by atoms with Gasteiger partial charge in [-0.3, -0.25) is 4.79 Å². The third-order valence-corrected chi connectivity index (χ3v) is 4.99. The number of β-lactam (4-membered cyclic amide) rings is 1. The molecule has 3 fully saturated rings. The maximum Gasteiger partial charge on any atom is 2.00 e. The molecule has 0 aromatic heterocycles. The first-order chi connectivity index (χ1) is 14.2. The summed E-state index contributed by atoms with van der Waals surface area (Å²) in [6.45, 7) is 0. The van der Waals surface area contributed by atoms with Crippen LogP contribution in [-0.2, 0) is 21.9 Å². The topological polar surface area (TPSA) is 29.5 Å². The Morgan fingerprint density at radius 1 is 0.767 bits per heavy atom. The Kier molecular flexibility index (Phi) is 8.68. The van der Waals surface area contributed by atoms with Crippen LogP contribution in [-0.4, -0.2) is 18.1 Å². The van der Waals surface area contributed by atoms with Crippen molar-refractivity contribution < 1.29 is 26.6 Å². The van der Waals surface area contributed by atoms with E-state index in [4.69, 9.17) is 16.3 Å². The Labute approximate surface area is 195 Å². The van der Waals surface area contributed by atoms with Gasteiger partial charge in [0.15, 0.2) is 6.10 Å². The molecule has 3 nitrogen and oxygen atoms in total. The van der Waals surface area contributed by atoms with Gasteiger partial charge < -0.3 is 9.64 Å². The quantitative estimate of drug-likeness (QED) is 0.481. The largest absolute Gasteiger partial charge is 2.00 e. The molecule has 5 heteroatoms. The van der Waals surface area contributed by atoms with Crippen molar-refractivity contribution in [2.24, 2.45) is 0 Å². The fourth-order valence-corrected chi connectivity index (χ4v) is 3.47. The first-order valence-corrected chi connectivity index (χ1v) is 9.80. The van der Waals surface area contributed by atoms with Crippen LogP contribution in [0.1, 0.15) is 0 Å². The average Bonchev–Trinajstić information content (AvgIpc) is 3.48. The minimum atomic E-state index is -0.523. The van der Waals surface area contributed by atoms with Crippen LogP contribution in [0.4, 0.5) is 5.69 Å². The van der Waals surface area contributed by atoms with Crippen LogP contribution in [0.3, 0.4) is 0 Å². The Balaban J connectivity index is 0.000000376. The zero-order valence-electron chi connectivity index (χ0n) is 16.0. The molecule has 30 heavy (non-hydrogen) atoms. The number of halogens is 1. The van der Waals surface area contributed by atoms with Crippen LogP contribution < -0.4 is 9.64 Å². The SMILES string of the molecule is O=C1[C@@H](Oc2ccccc2)[C@H]([C]2[CH][CH][CH][CH]2)N1c1ccc(Cl)cc1.[CH]1[CH][CH][CH][CH]1.[Fe+2]. The molecular weight excluding hydrogens is 438 g/mol. The van der Waals surface area contributed by atoms with Crippen molar-refractivity contribution >= 4 is 23.2 Å². The maximum absolute atomic E-state index is 12.7. The van der Waals surface area contributed by atoms with Gasteiger partial charge in [0.05, 0.1) is 6.04 Å². The van der Waals surface area contributed by atoms with Crippen LogP contribution in [0.2, 0.25) is 5.02 Å². The fraction of sp³-hybridized carbons (Fsp3) is 0.0800. The van der Waals surface area contributed by atoms with Gasteiger partial charge in [0.25, 0.3) is 5.91 Å².